The molecule has 0 spiro atoms. The number of amides is 1. The number of hydrogen-bond acceptors (Lipinski definition) is 2. The van der Waals surface area contributed by atoms with Crippen molar-refractivity contribution in [3.05, 3.63) is 0 Å². The summed E-state index contributed by atoms with van der Waals surface area (Å²) in [5.74, 6) is 0.823. The highest BCUT2D eigenvalue weighted by Crippen LogP contribution is 2.29. The van der Waals surface area contributed by atoms with Gasteiger partial charge in [-0.2, -0.15) is 0 Å². The molecule has 1 saturated heterocycles. The van der Waals surface area contributed by atoms with Crippen molar-refractivity contribution in [3.63, 3.8) is 0 Å². The van der Waals surface area contributed by atoms with Gasteiger partial charge in [-0.05, 0) is 18.8 Å². The van der Waals surface area contributed by atoms with E-state index in [1.54, 1.807) is 0 Å². The van der Waals surface area contributed by atoms with Gasteiger partial charge in [-0.3, -0.25) is 4.79 Å². The summed E-state index contributed by atoms with van der Waals surface area (Å²) in [4.78, 5) is 14.1. The van der Waals surface area contributed by atoms with E-state index in [0.717, 1.165) is 25.9 Å². The highest BCUT2D eigenvalue weighted by atomic mass is 16.2. The van der Waals surface area contributed by atoms with E-state index in [0.29, 0.717) is 5.92 Å². The van der Waals surface area contributed by atoms with E-state index < -0.39 is 0 Å². The van der Waals surface area contributed by atoms with Gasteiger partial charge in [0.15, 0.2) is 0 Å². The zero-order valence-electron chi connectivity index (χ0n) is 10.4. The molecule has 1 aliphatic heterocycles. The Bertz CT molecular complexity index is 236. The zero-order chi connectivity index (χ0) is 11.6. The molecule has 0 aromatic rings. The van der Waals surface area contributed by atoms with Gasteiger partial charge in [-0.15, -0.1) is 0 Å². The molecule has 2 N–H and O–H groups in total. The molecule has 3 nitrogen and oxygen atoms in total. The summed E-state index contributed by atoms with van der Waals surface area (Å²) >= 11 is 0. The number of rotatable bonds is 3. The first-order valence-electron chi connectivity index (χ1n) is 5.88. The lowest BCUT2D eigenvalue weighted by Crippen LogP contribution is -2.41. The number of likely N-dealkylation sites (tertiary alicyclic amines) is 1. The van der Waals surface area contributed by atoms with Crippen molar-refractivity contribution in [1.29, 1.82) is 0 Å². The van der Waals surface area contributed by atoms with Gasteiger partial charge in [0.1, 0.15) is 0 Å². The lowest BCUT2D eigenvalue weighted by atomic mass is 9.83. The predicted molar refractivity (Wildman–Crippen MR) is 62.4 cm³/mol. The van der Waals surface area contributed by atoms with Crippen molar-refractivity contribution in [2.24, 2.45) is 17.1 Å². The van der Waals surface area contributed by atoms with Crippen molar-refractivity contribution in [2.45, 2.75) is 46.6 Å². The van der Waals surface area contributed by atoms with E-state index in [1.165, 1.54) is 0 Å². The van der Waals surface area contributed by atoms with E-state index >= 15 is 0 Å². The molecule has 0 radical (unpaired) electrons. The van der Waals surface area contributed by atoms with E-state index in [2.05, 4.69) is 13.8 Å². The highest BCUT2D eigenvalue weighted by Gasteiger charge is 2.35. The van der Waals surface area contributed by atoms with Crippen molar-refractivity contribution in [3.8, 4) is 0 Å². The largest absolute Gasteiger partial charge is 0.341 e. The predicted octanol–water partition coefficient (Wildman–Crippen LogP) is 1.62. The molecule has 1 fully saturated rings. The smallest absolute Gasteiger partial charge is 0.228 e. The zero-order valence-corrected chi connectivity index (χ0v) is 10.4. The minimum atomic E-state index is -0.238. The first-order valence-corrected chi connectivity index (χ1v) is 5.88. The maximum Gasteiger partial charge on any atom is 0.228 e. The Balaban J connectivity index is 2.58. The van der Waals surface area contributed by atoms with Crippen LogP contribution in [0.1, 0.15) is 40.5 Å². The second kappa shape index (κ2) is 4.52. The van der Waals surface area contributed by atoms with Gasteiger partial charge < -0.3 is 10.6 Å². The Morgan fingerprint density at radius 2 is 2.13 bits per heavy atom. The van der Waals surface area contributed by atoms with Crippen LogP contribution in [0.3, 0.4) is 0 Å². The summed E-state index contributed by atoms with van der Waals surface area (Å²) in [6.45, 7) is 9.97. The van der Waals surface area contributed by atoms with Crippen LogP contribution < -0.4 is 5.73 Å². The average molecular weight is 212 g/mol. The molecule has 0 aromatic heterocycles. The van der Waals surface area contributed by atoms with Gasteiger partial charge in [-0.1, -0.05) is 27.7 Å². The second-order valence-electron chi connectivity index (χ2n) is 5.78. The van der Waals surface area contributed by atoms with Crippen LogP contribution in [-0.4, -0.2) is 29.9 Å². The normalized spacial score (nSPS) is 22.5. The van der Waals surface area contributed by atoms with E-state index in [9.17, 15) is 4.79 Å². The average Bonchev–Trinajstić information content (AvgIpc) is 2.48. The maximum absolute atomic E-state index is 12.2. The molecule has 1 aliphatic rings. The number of carbonyl (C=O) groups excluding carboxylic acids is 1. The fourth-order valence-electron chi connectivity index (χ4n) is 2.51. The van der Waals surface area contributed by atoms with Gasteiger partial charge in [0.05, 0.1) is 0 Å². The fourth-order valence-corrected chi connectivity index (χ4v) is 2.51. The van der Waals surface area contributed by atoms with Crippen LogP contribution in [0.5, 0.6) is 0 Å². The molecule has 0 bridgehead atoms. The number of hydrogen-bond donors (Lipinski definition) is 1. The SMILES string of the molecule is CC(C)CC(C)(C)C(=O)N1CCC(N)C1. The van der Waals surface area contributed by atoms with Crippen LogP contribution in [0.2, 0.25) is 0 Å². The standard InChI is InChI=1S/C12H24N2O/c1-9(2)7-12(3,4)11(15)14-6-5-10(13)8-14/h9-10H,5-8,13H2,1-4H3. The van der Waals surface area contributed by atoms with Crippen molar-refractivity contribution < 1.29 is 4.79 Å². The molecule has 1 unspecified atom stereocenters. The Hall–Kier alpha value is -0.570. The molecule has 1 amide bonds. The number of nitrogens with zero attached hydrogens (tertiary/aromatic N) is 1. The van der Waals surface area contributed by atoms with Crippen LogP contribution in [0.25, 0.3) is 0 Å². The fraction of sp³-hybridized carbons (Fsp3) is 0.917. The molecule has 1 heterocycles. The third-order valence-corrected chi connectivity index (χ3v) is 3.01. The van der Waals surface area contributed by atoms with Crippen LogP contribution >= 0.6 is 0 Å². The summed E-state index contributed by atoms with van der Waals surface area (Å²) in [6.07, 6.45) is 1.89. The molecular weight excluding hydrogens is 188 g/mol. The quantitative estimate of drug-likeness (QED) is 0.772. The Kier molecular flexibility index (Phi) is 3.77. The molecule has 15 heavy (non-hydrogen) atoms. The Labute approximate surface area is 93.0 Å². The van der Waals surface area contributed by atoms with E-state index in [4.69, 9.17) is 5.73 Å². The van der Waals surface area contributed by atoms with Crippen molar-refractivity contribution >= 4 is 5.91 Å². The Morgan fingerprint density at radius 3 is 2.53 bits per heavy atom. The first-order chi connectivity index (χ1) is 6.83. The lowest BCUT2D eigenvalue weighted by molar-refractivity contribution is -0.140. The highest BCUT2D eigenvalue weighted by molar-refractivity contribution is 5.82. The monoisotopic (exact) mass is 212 g/mol. The molecular formula is C12H24N2O. The third kappa shape index (κ3) is 3.20. The molecule has 1 atom stereocenters. The summed E-state index contributed by atoms with van der Waals surface area (Å²) in [5, 5.41) is 0. The molecule has 3 heteroatoms. The molecule has 0 aliphatic carbocycles. The second-order valence-corrected chi connectivity index (χ2v) is 5.78. The summed E-state index contributed by atoms with van der Waals surface area (Å²) in [5.41, 5.74) is 5.58. The molecule has 1 rings (SSSR count). The van der Waals surface area contributed by atoms with Crippen LogP contribution in [0.4, 0.5) is 0 Å². The van der Waals surface area contributed by atoms with Gasteiger partial charge in [0, 0.05) is 24.5 Å². The lowest BCUT2D eigenvalue weighted by Gasteiger charge is -2.30. The van der Waals surface area contributed by atoms with E-state index in [1.807, 2.05) is 18.7 Å². The molecule has 0 saturated carbocycles. The van der Waals surface area contributed by atoms with Crippen molar-refractivity contribution in [2.75, 3.05) is 13.1 Å². The maximum atomic E-state index is 12.2. The number of nitrogens with two attached hydrogens (primary N) is 1. The van der Waals surface area contributed by atoms with E-state index in [-0.39, 0.29) is 17.4 Å². The minimum absolute atomic E-state index is 0.184. The summed E-state index contributed by atoms with van der Waals surface area (Å²) in [7, 11) is 0. The topological polar surface area (TPSA) is 46.3 Å². The van der Waals surface area contributed by atoms with Gasteiger partial charge in [-0.25, -0.2) is 0 Å². The first kappa shape index (κ1) is 12.5. The van der Waals surface area contributed by atoms with Gasteiger partial charge >= 0.3 is 0 Å². The van der Waals surface area contributed by atoms with Crippen LogP contribution in [0.15, 0.2) is 0 Å². The summed E-state index contributed by atoms with van der Waals surface area (Å²) < 4.78 is 0. The summed E-state index contributed by atoms with van der Waals surface area (Å²) in [6, 6.07) is 0.184. The minimum Gasteiger partial charge on any atom is -0.341 e. The molecule has 88 valence electrons. The Morgan fingerprint density at radius 1 is 1.53 bits per heavy atom. The molecule has 0 aromatic carbocycles. The third-order valence-electron chi connectivity index (χ3n) is 3.01. The van der Waals surface area contributed by atoms with Gasteiger partial charge in [0.25, 0.3) is 0 Å². The van der Waals surface area contributed by atoms with Crippen molar-refractivity contribution in [1.82, 2.24) is 4.90 Å². The number of carbonyl (C=O) groups is 1. The van der Waals surface area contributed by atoms with Crippen LogP contribution in [-0.2, 0) is 4.79 Å². The van der Waals surface area contributed by atoms with Crippen LogP contribution in [0, 0.1) is 11.3 Å². The van der Waals surface area contributed by atoms with Gasteiger partial charge in [0.2, 0.25) is 5.91 Å².